The summed E-state index contributed by atoms with van der Waals surface area (Å²) < 4.78 is 10.7. The predicted octanol–water partition coefficient (Wildman–Crippen LogP) is 5.10. The van der Waals surface area contributed by atoms with Gasteiger partial charge in [0.05, 0.1) is 29.5 Å². The Morgan fingerprint density at radius 2 is 1.61 bits per heavy atom. The highest BCUT2D eigenvalue weighted by atomic mass is 35.5. The van der Waals surface area contributed by atoms with E-state index in [9.17, 15) is 14.4 Å². The Hall–Kier alpha value is -2.56. The van der Waals surface area contributed by atoms with E-state index in [1.54, 1.807) is 6.07 Å². The summed E-state index contributed by atoms with van der Waals surface area (Å²) in [6, 6.07) is 2.02. The second-order valence-electron chi connectivity index (χ2n) is 13.2. The van der Waals surface area contributed by atoms with Gasteiger partial charge in [-0.3, -0.25) is 14.4 Å². The van der Waals surface area contributed by atoms with E-state index >= 15 is 0 Å². The van der Waals surface area contributed by atoms with Crippen LogP contribution in [0.1, 0.15) is 113 Å². The second-order valence-corrected chi connectivity index (χ2v) is 13.6. The fraction of sp³-hybridized carbons (Fsp3) is 0.743. The van der Waals surface area contributed by atoms with Crippen molar-refractivity contribution in [3.8, 4) is 5.75 Å². The zero-order valence-electron chi connectivity index (χ0n) is 27.9. The topological polar surface area (TPSA) is 126 Å². The minimum absolute atomic E-state index is 0.0818. The Bertz CT molecular complexity index is 1140. The van der Waals surface area contributed by atoms with Crippen molar-refractivity contribution in [2.45, 2.75) is 115 Å². The van der Waals surface area contributed by atoms with Crippen molar-refractivity contribution < 1.29 is 23.9 Å². The molecule has 46 heavy (non-hydrogen) atoms. The number of esters is 1. The van der Waals surface area contributed by atoms with E-state index in [2.05, 4.69) is 20.4 Å². The maximum Gasteiger partial charge on any atom is 0.305 e. The number of carbonyl (C=O) groups is 3. The van der Waals surface area contributed by atoms with E-state index < -0.39 is 0 Å². The van der Waals surface area contributed by atoms with Crippen LogP contribution in [0.15, 0.2) is 6.07 Å². The van der Waals surface area contributed by atoms with E-state index in [1.165, 1.54) is 12.8 Å². The van der Waals surface area contributed by atoms with E-state index in [-0.39, 0.29) is 29.9 Å². The van der Waals surface area contributed by atoms with E-state index in [0.29, 0.717) is 54.5 Å². The van der Waals surface area contributed by atoms with Crippen molar-refractivity contribution >= 4 is 35.1 Å². The summed E-state index contributed by atoms with van der Waals surface area (Å²) in [7, 11) is 0. The number of halogens is 1. The number of piperidine rings is 2. The van der Waals surface area contributed by atoms with Gasteiger partial charge >= 0.3 is 5.97 Å². The molecular weight excluding hydrogens is 606 g/mol. The minimum Gasteiger partial charge on any atom is -0.492 e. The third-order valence-corrected chi connectivity index (χ3v) is 9.86. The Labute approximate surface area is 280 Å². The van der Waals surface area contributed by atoms with Crippen molar-refractivity contribution in [1.29, 1.82) is 0 Å². The molecule has 11 heteroatoms. The number of unbranched alkanes of at least 4 members (excludes halogenated alkanes) is 6. The van der Waals surface area contributed by atoms with Gasteiger partial charge in [-0.25, -0.2) is 0 Å². The van der Waals surface area contributed by atoms with Gasteiger partial charge in [0.25, 0.3) is 5.91 Å². The molecule has 3 aliphatic rings. The first kappa shape index (κ1) is 36.3. The molecule has 4 rings (SSSR count). The van der Waals surface area contributed by atoms with Gasteiger partial charge in [0.15, 0.2) is 0 Å². The van der Waals surface area contributed by atoms with Gasteiger partial charge in [0.1, 0.15) is 5.75 Å². The zero-order valence-corrected chi connectivity index (χ0v) is 28.6. The van der Waals surface area contributed by atoms with Crippen LogP contribution in [0.25, 0.3) is 0 Å². The lowest BCUT2D eigenvalue weighted by Crippen LogP contribution is -2.47. The number of hydrogen-bond donors (Lipinski definition) is 3. The molecule has 0 spiro atoms. The van der Waals surface area contributed by atoms with Crippen LogP contribution < -0.4 is 21.1 Å². The van der Waals surface area contributed by atoms with Crippen molar-refractivity contribution in [3.63, 3.8) is 0 Å². The molecule has 4 N–H and O–H groups in total. The van der Waals surface area contributed by atoms with Crippen LogP contribution in [0.5, 0.6) is 5.75 Å². The molecular formula is C35H56ClN5O5. The normalized spacial score (nSPS) is 19.0. The number of rotatable bonds is 18. The number of carbonyl (C=O) groups excluding carboxylic acids is 3. The maximum absolute atomic E-state index is 13.0. The molecule has 3 aliphatic heterocycles. The summed E-state index contributed by atoms with van der Waals surface area (Å²) in [5, 5.41) is 6.87. The number of nitrogens with zero attached hydrogens (tertiary/aromatic N) is 2. The number of ether oxygens (including phenoxy) is 2. The molecule has 1 aromatic carbocycles. The molecule has 0 unspecified atom stereocenters. The molecule has 10 nitrogen and oxygen atoms in total. The third kappa shape index (κ3) is 11.6. The maximum atomic E-state index is 13.0. The van der Waals surface area contributed by atoms with Gasteiger partial charge in [0, 0.05) is 56.5 Å². The Morgan fingerprint density at radius 3 is 2.39 bits per heavy atom. The lowest BCUT2D eigenvalue weighted by atomic mass is 10.0. The number of nitrogen functional groups attached to an aromatic ring is 1. The molecule has 0 bridgehead atoms. The molecule has 0 saturated carbocycles. The van der Waals surface area contributed by atoms with Gasteiger partial charge in [-0.05, 0) is 84.0 Å². The fourth-order valence-corrected chi connectivity index (χ4v) is 7.17. The van der Waals surface area contributed by atoms with Crippen LogP contribution >= 0.6 is 11.6 Å². The highest BCUT2D eigenvalue weighted by molar-refractivity contribution is 6.33. The third-order valence-electron chi connectivity index (χ3n) is 9.55. The average molecular weight is 662 g/mol. The first-order chi connectivity index (χ1) is 22.3. The summed E-state index contributed by atoms with van der Waals surface area (Å²) in [4.78, 5) is 42.0. The summed E-state index contributed by atoms with van der Waals surface area (Å²) in [6.07, 6.45) is 14.4. The van der Waals surface area contributed by atoms with Crippen molar-refractivity contribution in [3.05, 3.63) is 22.2 Å². The quantitative estimate of drug-likeness (QED) is 0.113. The molecule has 1 atom stereocenters. The van der Waals surface area contributed by atoms with Gasteiger partial charge in [0.2, 0.25) is 5.91 Å². The molecule has 3 heterocycles. The SMILES string of the molecule is CCOC(=O)CCCCCCCN1CCC[C@@H](NC(=O)CCCCCN2CCC(NC(=O)c3cc(Cl)c(N)c4c3OCC4)CC2)C1. The fourth-order valence-electron chi connectivity index (χ4n) is 6.94. The molecule has 2 amide bonds. The molecule has 0 aromatic heterocycles. The minimum atomic E-state index is -0.145. The average Bonchev–Trinajstić information content (AvgIpc) is 3.54. The smallest absolute Gasteiger partial charge is 0.305 e. The summed E-state index contributed by atoms with van der Waals surface area (Å²) in [5.74, 6) is 0.535. The lowest BCUT2D eigenvalue weighted by Gasteiger charge is -2.33. The van der Waals surface area contributed by atoms with Crippen molar-refractivity contribution in [2.75, 3.05) is 58.2 Å². The van der Waals surface area contributed by atoms with Crippen LogP contribution in [0.2, 0.25) is 5.02 Å². The molecule has 1 aromatic rings. The van der Waals surface area contributed by atoms with Gasteiger partial charge in [-0.2, -0.15) is 0 Å². The first-order valence-corrected chi connectivity index (χ1v) is 18.2. The first-order valence-electron chi connectivity index (χ1n) is 17.8. The van der Waals surface area contributed by atoms with Crippen LogP contribution in [-0.2, 0) is 20.7 Å². The zero-order chi connectivity index (χ0) is 32.7. The van der Waals surface area contributed by atoms with Gasteiger partial charge < -0.3 is 35.6 Å². The summed E-state index contributed by atoms with van der Waals surface area (Å²) in [6.45, 7) is 8.92. The number of anilines is 1. The summed E-state index contributed by atoms with van der Waals surface area (Å²) >= 11 is 6.28. The van der Waals surface area contributed by atoms with Gasteiger partial charge in [-0.1, -0.05) is 37.3 Å². The molecule has 2 saturated heterocycles. The van der Waals surface area contributed by atoms with Crippen LogP contribution in [0.3, 0.4) is 0 Å². The Morgan fingerprint density at radius 1 is 0.913 bits per heavy atom. The monoisotopic (exact) mass is 661 g/mol. The van der Waals surface area contributed by atoms with Crippen LogP contribution in [0, 0.1) is 0 Å². The molecule has 0 radical (unpaired) electrons. The van der Waals surface area contributed by atoms with Gasteiger partial charge in [-0.15, -0.1) is 0 Å². The van der Waals surface area contributed by atoms with E-state index in [1.807, 2.05) is 6.92 Å². The number of benzene rings is 1. The lowest BCUT2D eigenvalue weighted by molar-refractivity contribution is -0.143. The molecule has 2 fully saturated rings. The number of likely N-dealkylation sites (tertiary alicyclic amines) is 2. The largest absolute Gasteiger partial charge is 0.492 e. The van der Waals surface area contributed by atoms with E-state index in [4.69, 9.17) is 26.8 Å². The standard InChI is InChI=1S/C35H56ClN5O5/c1-2-45-32(43)14-8-4-3-5-9-19-41-20-11-12-27(25-41)38-31(42)13-7-6-10-18-40-21-15-26(16-22-40)39-35(44)29-24-30(36)33(37)28-17-23-46-34(28)29/h24,26-27H,2-23,25,37H2,1H3,(H,38,42)(H,39,44)/t27-/m1/s1. The van der Waals surface area contributed by atoms with Crippen molar-refractivity contribution in [1.82, 2.24) is 20.4 Å². The number of nitrogens with one attached hydrogen (secondary N) is 2. The second kappa shape index (κ2) is 19.3. The number of fused-ring (bicyclic) bond motifs is 1. The summed E-state index contributed by atoms with van der Waals surface area (Å²) in [5.41, 5.74) is 7.90. The van der Waals surface area contributed by atoms with E-state index in [0.717, 1.165) is 109 Å². The van der Waals surface area contributed by atoms with Crippen LogP contribution in [-0.4, -0.2) is 92.1 Å². The number of nitrogens with two attached hydrogens (primary N) is 1. The molecule has 258 valence electrons. The van der Waals surface area contributed by atoms with Crippen molar-refractivity contribution in [2.24, 2.45) is 0 Å². The highest BCUT2D eigenvalue weighted by Gasteiger charge is 2.28. The molecule has 0 aliphatic carbocycles. The Kier molecular flexibility index (Phi) is 15.2. The highest BCUT2D eigenvalue weighted by Crippen LogP contribution is 2.38. The Balaban J connectivity index is 1.01. The predicted molar refractivity (Wildman–Crippen MR) is 182 cm³/mol. The number of amides is 2. The number of hydrogen-bond acceptors (Lipinski definition) is 8. The van der Waals surface area contributed by atoms with Crippen LogP contribution in [0.4, 0.5) is 5.69 Å².